The summed E-state index contributed by atoms with van der Waals surface area (Å²) in [4.78, 5) is 0. The first-order valence-electron chi connectivity index (χ1n) is 4.01. The number of hydrogen-bond donors (Lipinski definition) is 1. The average molecular weight is 272 g/mol. The van der Waals surface area contributed by atoms with Gasteiger partial charge in [-0.1, -0.05) is 11.6 Å². The Kier molecular flexibility index (Phi) is 4.06. The van der Waals surface area contributed by atoms with E-state index < -0.39 is 22.4 Å². The van der Waals surface area contributed by atoms with Gasteiger partial charge in [-0.3, -0.25) is 0 Å². The van der Waals surface area contributed by atoms with Crippen LogP contribution in [0.1, 0.15) is 5.56 Å². The molecule has 2 N–H and O–H groups in total. The Hall–Kier alpha value is -0.920. The summed E-state index contributed by atoms with van der Waals surface area (Å²) in [6.45, 7) is -3.04. The molecule has 0 aromatic heterocycles. The lowest BCUT2D eigenvalue weighted by Crippen LogP contribution is -2.16. The van der Waals surface area contributed by atoms with E-state index in [0.717, 1.165) is 6.07 Å². The van der Waals surface area contributed by atoms with Gasteiger partial charge in [0.2, 0.25) is 10.0 Å². The van der Waals surface area contributed by atoms with Crippen molar-refractivity contribution in [1.29, 1.82) is 0 Å². The Balaban J connectivity index is 3.08. The number of hydrogen-bond acceptors (Lipinski definition) is 3. The molecule has 0 unspecified atom stereocenters. The first kappa shape index (κ1) is 13.1. The van der Waals surface area contributed by atoms with E-state index in [-0.39, 0.29) is 16.3 Å². The zero-order valence-electron chi connectivity index (χ0n) is 7.86. The maximum absolute atomic E-state index is 12.0. The summed E-state index contributed by atoms with van der Waals surface area (Å²) in [5, 5.41) is 5.01. The summed E-state index contributed by atoms with van der Waals surface area (Å²) in [7, 11) is -3.84. The minimum Gasteiger partial charge on any atom is -0.435 e. The molecule has 0 aliphatic heterocycles. The molecule has 0 saturated heterocycles. The molecule has 1 rings (SSSR count). The molecule has 4 nitrogen and oxygen atoms in total. The fraction of sp³-hybridized carbons (Fsp3) is 0.250. The van der Waals surface area contributed by atoms with E-state index in [1.165, 1.54) is 12.1 Å². The number of benzene rings is 1. The Bertz CT molecular complexity index is 478. The van der Waals surface area contributed by atoms with Gasteiger partial charge in [0.05, 0.1) is 5.75 Å². The van der Waals surface area contributed by atoms with Crippen molar-refractivity contribution in [2.24, 2.45) is 5.14 Å². The molecule has 1 aromatic rings. The Morgan fingerprint density at radius 2 is 2.06 bits per heavy atom. The lowest BCUT2D eigenvalue weighted by molar-refractivity contribution is -0.0503. The van der Waals surface area contributed by atoms with Gasteiger partial charge in [-0.05, 0) is 18.2 Å². The Labute approximate surface area is 96.0 Å². The van der Waals surface area contributed by atoms with Crippen LogP contribution in [0, 0.1) is 0 Å². The van der Waals surface area contributed by atoms with E-state index in [4.69, 9.17) is 16.7 Å². The van der Waals surface area contributed by atoms with E-state index in [0.29, 0.717) is 0 Å². The van der Waals surface area contributed by atoms with Gasteiger partial charge >= 0.3 is 6.61 Å². The van der Waals surface area contributed by atoms with Gasteiger partial charge in [0, 0.05) is 10.6 Å². The molecule has 0 bridgehead atoms. The first-order valence-corrected chi connectivity index (χ1v) is 6.11. The van der Waals surface area contributed by atoms with Gasteiger partial charge in [0.1, 0.15) is 5.75 Å². The molecule has 0 saturated carbocycles. The minimum absolute atomic E-state index is 0.00435. The Morgan fingerprint density at radius 3 is 2.56 bits per heavy atom. The van der Waals surface area contributed by atoms with E-state index in [1.54, 1.807) is 0 Å². The highest BCUT2D eigenvalue weighted by Crippen LogP contribution is 2.25. The summed E-state index contributed by atoms with van der Waals surface area (Å²) >= 11 is 5.60. The molecule has 0 heterocycles. The fourth-order valence-electron chi connectivity index (χ4n) is 1.09. The third-order valence-electron chi connectivity index (χ3n) is 1.60. The van der Waals surface area contributed by atoms with Crippen LogP contribution in [0.5, 0.6) is 5.75 Å². The highest BCUT2D eigenvalue weighted by Gasteiger charge is 2.14. The van der Waals surface area contributed by atoms with Crippen LogP contribution < -0.4 is 9.88 Å². The van der Waals surface area contributed by atoms with Crippen molar-refractivity contribution < 1.29 is 21.9 Å². The van der Waals surface area contributed by atoms with Crippen molar-refractivity contribution in [2.75, 3.05) is 0 Å². The molecule has 0 amide bonds. The van der Waals surface area contributed by atoms with Crippen molar-refractivity contribution >= 4 is 21.6 Å². The highest BCUT2D eigenvalue weighted by molar-refractivity contribution is 7.88. The summed E-state index contributed by atoms with van der Waals surface area (Å²) in [6.07, 6.45) is 0. The van der Waals surface area contributed by atoms with Crippen LogP contribution in [-0.4, -0.2) is 15.0 Å². The smallest absolute Gasteiger partial charge is 0.387 e. The summed E-state index contributed by atoms with van der Waals surface area (Å²) in [5.74, 6) is -0.872. The zero-order chi connectivity index (χ0) is 12.3. The van der Waals surface area contributed by atoms with Gasteiger partial charge in [0.25, 0.3) is 0 Å². The molecular formula is C8H8ClF2NO3S. The zero-order valence-corrected chi connectivity index (χ0v) is 9.43. The maximum Gasteiger partial charge on any atom is 0.387 e. The van der Waals surface area contributed by atoms with Gasteiger partial charge in [0.15, 0.2) is 0 Å². The quantitative estimate of drug-likeness (QED) is 0.907. The van der Waals surface area contributed by atoms with Crippen LogP contribution in [0.15, 0.2) is 18.2 Å². The second kappa shape index (κ2) is 4.94. The molecule has 8 heteroatoms. The number of primary sulfonamides is 1. The molecule has 0 spiro atoms. The first-order chi connectivity index (χ1) is 7.28. The monoisotopic (exact) mass is 271 g/mol. The number of ether oxygens (including phenoxy) is 1. The lowest BCUT2D eigenvalue weighted by atomic mass is 10.2. The van der Waals surface area contributed by atoms with Crippen molar-refractivity contribution in [3.05, 3.63) is 28.8 Å². The molecule has 90 valence electrons. The number of nitrogens with two attached hydrogens (primary N) is 1. The molecule has 0 aliphatic rings. The average Bonchev–Trinajstić information content (AvgIpc) is 2.06. The number of sulfonamides is 1. The second-order valence-electron chi connectivity index (χ2n) is 2.94. The van der Waals surface area contributed by atoms with Gasteiger partial charge in [-0.2, -0.15) is 8.78 Å². The third kappa shape index (κ3) is 4.30. The van der Waals surface area contributed by atoms with Crippen molar-refractivity contribution in [3.63, 3.8) is 0 Å². The van der Waals surface area contributed by atoms with E-state index in [9.17, 15) is 17.2 Å². The van der Waals surface area contributed by atoms with Gasteiger partial charge < -0.3 is 4.74 Å². The predicted molar refractivity (Wildman–Crippen MR) is 54.9 cm³/mol. The van der Waals surface area contributed by atoms with E-state index in [1.807, 2.05) is 0 Å². The second-order valence-corrected chi connectivity index (χ2v) is 4.99. The SMILES string of the molecule is NS(=O)(=O)Cc1cc(Cl)ccc1OC(F)F. The molecule has 16 heavy (non-hydrogen) atoms. The summed E-state index contributed by atoms with van der Waals surface area (Å²) < 4.78 is 49.8. The van der Waals surface area contributed by atoms with Crippen LogP contribution in [-0.2, 0) is 15.8 Å². The molecule has 1 aromatic carbocycles. The number of alkyl halides is 2. The molecular weight excluding hydrogens is 264 g/mol. The Morgan fingerprint density at radius 1 is 1.44 bits per heavy atom. The van der Waals surface area contributed by atoms with Crippen LogP contribution in [0.25, 0.3) is 0 Å². The van der Waals surface area contributed by atoms with Crippen LogP contribution in [0.4, 0.5) is 8.78 Å². The minimum atomic E-state index is -3.84. The number of halogens is 3. The van der Waals surface area contributed by atoms with Crippen molar-refractivity contribution in [2.45, 2.75) is 12.4 Å². The summed E-state index contributed by atoms with van der Waals surface area (Å²) in [6, 6.07) is 3.69. The van der Waals surface area contributed by atoms with E-state index in [2.05, 4.69) is 4.74 Å². The van der Waals surface area contributed by atoms with Crippen LogP contribution in [0.3, 0.4) is 0 Å². The molecule has 0 fully saturated rings. The molecule has 0 aliphatic carbocycles. The van der Waals surface area contributed by atoms with Gasteiger partial charge in [-0.25, -0.2) is 13.6 Å². The van der Waals surface area contributed by atoms with Crippen LogP contribution in [0.2, 0.25) is 5.02 Å². The lowest BCUT2D eigenvalue weighted by Gasteiger charge is -2.10. The number of rotatable bonds is 4. The van der Waals surface area contributed by atoms with Crippen molar-refractivity contribution in [3.8, 4) is 5.75 Å². The third-order valence-corrected chi connectivity index (χ3v) is 2.54. The summed E-state index contributed by atoms with van der Waals surface area (Å²) in [5.41, 5.74) is -0.00435. The highest BCUT2D eigenvalue weighted by atomic mass is 35.5. The molecule has 0 radical (unpaired) electrons. The van der Waals surface area contributed by atoms with E-state index >= 15 is 0 Å². The topological polar surface area (TPSA) is 69.4 Å². The fourth-order valence-corrected chi connectivity index (χ4v) is 1.94. The van der Waals surface area contributed by atoms with Crippen LogP contribution >= 0.6 is 11.6 Å². The standard InChI is InChI=1S/C8H8ClF2NO3S/c9-6-1-2-7(15-8(10)11)5(3-6)4-16(12,13)14/h1-3,8H,4H2,(H2,12,13,14). The normalized spacial score (nSPS) is 11.8. The van der Waals surface area contributed by atoms with Gasteiger partial charge in [-0.15, -0.1) is 0 Å². The largest absolute Gasteiger partial charge is 0.435 e. The van der Waals surface area contributed by atoms with Crippen molar-refractivity contribution in [1.82, 2.24) is 0 Å². The molecule has 0 atom stereocenters. The maximum atomic E-state index is 12.0. The predicted octanol–water partition coefficient (Wildman–Crippen LogP) is 1.73.